The Balaban J connectivity index is 1.17. The SMILES string of the molecule is CC(C)(C)c1ccc(N2c3ccc(C(C)(C)C)cc3B3c4cc5c(cc4N(c4ccccc4)c4cc(N6c7ccc(-c8ccccc8)cc7C7(C)CCc8ccccc8C67C)cc2c43)C(C)(C)CCC5(C)C)cc1. The fourth-order valence-corrected chi connectivity index (χ4v) is 14.4. The van der Waals surface area contributed by atoms with Crippen LogP contribution in [0.25, 0.3) is 11.1 Å². The molecule has 3 heterocycles. The third-order valence-electron chi connectivity index (χ3n) is 19.1. The van der Waals surface area contributed by atoms with Gasteiger partial charge in [0.25, 0.3) is 6.71 Å². The van der Waals surface area contributed by atoms with Gasteiger partial charge in [-0.15, -0.1) is 0 Å². The number of anilines is 8. The third-order valence-corrected chi connectivity index (χ3v) is 19.1. The summed E-state index contributed by atoms with van der Waals surface area (Å²) < 4.78 is 0. The molecule has 0 aromatic heterocycles. The van der Waals surface area contributed by atoms with Crippen molar-refractivity contribution >= 4 is 68.6 Å². The van der Waals surface area contributed by atoms with Crippen LogP contribution in [-0.4, -0.2) is 6.71 Å². The largest absolute Gasteiger partial charge is 0.330 e. The summed E-state index contributed by atoms with van der Waals surface area (Å²) in [7, 11) is 0. The highest BCUT2D eigenvalue weighted by molar-refractivity contribution is 7.00. The van der Waals surface area contributed by atoms with Gasteiger partial charge in [0.1, 0.15) is 0 Å². The van der Waals surface area contributed by atoms with Crippen molar-refractivity contribution in [2.45, 2.75) is 141 Å². The lowest BCUT2D eigenvalue weighted by Crippen LogP contribution is -2.62. The Morgan fingerprint density at radius 3 is 1.62 bits per heavy atom. The van der Waals surface area contributed by atoms with Gasteiger partial charge in [-0.3, -0.25) is 0 Å². The van der Waals surface area contributed by atoms with Gasteiger partial charge in [-0.2, -0.15) is 0 Å². The van der Waals surface area contributed by atoms with Gasteiger partial charge in [0.05, 0.1) is 5.54 Å². The summed E-state index contributed by atoms with van der Waals surface area (Å²) in [5.41, 5.74) is 26.0. The van der Waals surface area contributed by atoms with Crippen molar-refractivity contribution < 1.29 is 0 Å². The number of nitrogens with zero attached hydrogens (tertiary/aromatic N) is 3. The molecule has 0 bridgehead atoms. The van der Waals surface area contributed by atoms with Crippen LogP contribution in [0.2, 0.25) is 0 Å². The molecular formula is C70H72BN3. The van der Waals surface area contributed by atoms with Crippen LogP contribution >= 0.6 is 0 Å². The Hall–Kier alpha value is -6.78. The first-order valence-corrected chi connectivity index (χ1v) is 27.5. The van der Waals surface area contributed by atoms with Gasteiger partial charge >= 0.3 is 0 Å². The standard InChI is InChI=1S/C70H72BN3/c1-65(2,3)48-28-31-51(32-29-48)72-60-34-30-49(66(4,5)6)40-57(60)71-58-43-54-55(68(9,10)38-37-67(54,7)8)44-61(58)73(50-24-17-14-18-25-50)63-42-52(41-62(72)64(63)71)74-59-33-27-47(45-21-15-13-16-22-45)39-56(59)69(11)36-35-46-23-19-20-26-53(46)70(69,74)12/h13-34,39-44H,35-38H2,1-12H3. The molecular weight excluding hydrogens is 894 g/mol. The first kappa shape index (κ1) is 47.0. The number of rotatable bonds is 4. The summed E-state index contributed by atoms with van der Waals surface area (Å²) in [4.78, 5) is 8.09. The smallest absolute Gasteiger partial charge is 0.252 e. The number of para-hydroxylation sites is 1. The molecule has 370 valence electrons. The van der Waals surface area contributed by atoms with Gasteiger partial charge in [0.15, 0.2) is 0 Å². The summed E-state index contributed by atoms with van der Waals surface area (Å²) in [5, 5.41) is 0. The molecule has 2 unspecified atom stereocenters. The predicted octanol–water partition coefficient (Wildman–Crippen LogP) is 16.7. The van der Waals surface area contributed by atoms with Crippen LogP contribution in [0, 0.1) is 0 Å². The van der Waals surface area contributed by atoms with Crippen LogP contribution in [0.5, 0.6) is 0 Å². The molecule has 5 aliphatic rings. The van der Waals surface area contributed by atoms with Crippen LogP contribution in [0.3, 0.4) is 0 Å². The zero-order valence-corrected chi connectivity index (χ0v) is 45.9. The van der Waals surface area contributed by atoms with E-state index in [1.165, 1.54) is 112 Å². The van der Waals surface area contributed by atoms with Gasteiger partial charge in [0, 0.05) is 50.9 Å². The number of fused-ring (bicyclic) bond motifs is 10. The maximum absolute atomic E-state index is 2.79. The van der Waals surface area contributed by atoms with Crippen LogP contribution in [0.1, 0.15) is 141 Å². The van der Waals surface area contributed by atoms with Gasteiger partial charge in [-0.05, 0) is 181 Å². The summed E-state index contributed by atoms with van der Waals surface area (Å²) in [5.74, 6) is 0. The van der Waals surface area contributed by atoms with E-state index < -0.39 is 5.54 Å². The van der Waals surface area contributed by atoms with E-state index in [-0.39, 0.29) is 33.8 Å². The normalized spacial score (nSPS) is 20.7. The Morgan fingerprint density at radius 1 is 0.405 bits per heavy atom. The highest BCUT2D eigenvalue weighted by Gasteiger charge is 2.60. The molecule has 8 aromatic carbocycles. The van der Waals surface area contributed by atoms with E-state index in [0.717, 1.165) is 25.7 Å². The molecule has 2 aliphatic carbocycles. The average Bonchev–Trinajstić information content (AvgIpc) is 3.60. The van der Waals surface area contributed by atoms with Crippen molar-refractivity contribution in [1.29, 1.82) is 0 Å². The van der Waals surface area contributed by atoms with Crippen LogP contribution in [-0.2, 0) is 39.0 Å². The minimum absolute atomic E-state index is 0.00639. The minimum Gasteiger partial charge on any atom is -0.330 e. The van der Waals surface area contributed by atoms with Gasteiger partial charge < -0.3 is 14.7 Å². The maximum atomic E-state index is 2.79. The Kier molecular flexibility index (Phi) is 10.1. The molecule has 3 aliphatic heterocycles. The second-order valence-electron chi connectivity index (χ2n) is 26.4. The molecule has 3 nitrogen and oxygen atoms in total. The number of benzene rings is 8. The van der Waals surface area contributed by atoms with Crippen LogP contribution in [0.15, 0.2) is 170 Å². The van der Waals surface area contributed by atoms with E-state index in [2.05, 4.69) is 268 Å². The van der Waals surface area contributed by atoms with Crippen molar-refractivity contribution in [2.24, 2.45) is 0 Å². The van der Waals surface area contributed by atoms with Crippen LogP contribution in [0.4, 0.5) is 45.5 Å². The van der Waals surface area contributed by atoms with Crippen molar-refractivity contribution in [3.8, 4) is 11.1 Å². The van der Waals surface area contributed by atoms with E-state index in [4.69, 9.17) is 0 Å². The van der Waals surface area contributed by atoms with Gasteiger partial charge in [0.2, 0.25) is 0 Å². The lowest BCUT2D eigenvalue weighted by molar-refractivity contribution is 0.245. The van der Waals surface area contributed by atoms with Gasteiger partial charge in [-0.1, -0.05) is 185 Å². The second-order valence-corrected chi connectivity index (χ2v) is 26.4. The molecule has 0 N–H and O–H groups in total. The third kappa shape index (κ3) is 6.71. The summed E-state index contributed by atoms with van der Waals surface area (Å²) in [6, 6.07) is 66.5. The zero-order valence-electron chi connectivity index (χ0n) is 45.9. The molecule has 4 heteroatoms. The Morgan fingerprint density at radius 2 is 0.959 bits per heavy atom. The van der Waals surface area contributed by atoms with E-state index >= 15 is 0 Å². The molecule has 74 heavy (non-hydrogen) atoms. The second kappa shape index (κ2) is 15.9. The van der Waals surface area contributed by atoms with Crippen molar-refractivity contribution in [2.75, 3.05) is 14.7 Å². The first-order valence-electron chi connectivity index (χ1n) is 27.5. The van der Waals surface area contributed by atoms with Crippen LogP contribution < -0.4 is 31.1 Å². The van der Waals surface area contributed by atoms with E-state index in [9.17, 15) is 0 Å². The molecule has 8 aromatic rings. The fourth-order valence-electron chi connectivity index (χ4n) is 14.4. The molecule has 0 radical (unpaired) electrons. The predicted molar refractivity (Wildman–Crippen MR) is 317 cm³/mol. The lowest BCUT2D eigenvalue weighted by Gasteiger charge is -2.52. The number of hydrogen-bond acceptors (Lipinski definition) is 3. The zero-order chi connectivity index (χ0) is 51.5. The maximum Gasteiger partial charge on any atom is 0.252 e. The van der Waals surface area contributed by atoms with E-state index in [1.54, 1.807) is 0 Å². The summed E-state index contributed by atoms with van der Waals surface area (Å²) in [6.07, 6.45) is 4.42. The molecule has 0 saturated heterocycles. The first-order chi connectivity index (χ1) is 35.2. The molecule has 13 rings (SSSR count). The van der Waals surface area contributed by atoms with E-state index in [0.29, 0.717) is 0 Å². The molecule has 0 fully saturated rings. The Labute approximate surface area is 442 Å². The highest BCUT2D eigenvalue weighted by Crippen LogP contribution is 2.65. The Bertz CT molecular complexity index is 3570. The lowest BCUT2D eigenvalue weighted by atomic mass is 9.33. The summed E-state index contributed by atoms with van der Waals surface area (Å²) in [6.45, 7) is 29.1. The number of aryl methyl sites for hydroxylation is 1. The molecule has 2 atom stereocenters. The van der Waals surface area contributed by atoms with E-state index in [1.807, 2.05) is 0 Å². The average molecular weight is 966 g/mol. The quantitative estimate of drug-likeness (QED) is 0.163. The molecule has 0 amide bonds. The van der Waals surface area contributed by atoms with Gasteiger partial charge in [-0.25, -0.2) is 0 Å². The molecule has 0 saturated carbocycles. The van der Waals surface area contributed by atoms with Crippen molar-refractivity contribution in [3.63, 3.8) is 0 Å². The fraction of sp³-hybridized carbons (Fsp3) is 0.314. The van der Waals surface area contributed by atoms with Crippen molar-refractivity contribution in [3.05, 3.63) is 209 Å². The topological polar surface area (TPSA) is 9.72 Å². The monoisotopic (exact) mass is 966 g/mol. The number of hydrogen-bond donors (Lipinski definition) is 0. The highest BCUT2D eigenvalue weighted by atomic mass is 15.3. The molecule has 0 spiro atoms. The van der Waals surface area contributed by atoms with Crippen molar-refractivity contribution in [1.82, 2.24) is 0 Å². The minimum atomic E-state index is -0.411. The summed E-state index contributed by atoms with van der Waals surface area (Å²) >= 11 is 0.